The Hall–Kier alpha value is -1.79. The van der Waals surface area contributed by atoms with Gasteiger partial charge >= 0.3 is 17.9 Å². The number of rotatable bonds is 12. The molecule has 180 valence electrons. The zero-order chi connectivity index (χ0) is 23.6. The molecular formula is C20H35NO10. The first-order chi connectivity index (χ1) is 14.6. The van der Waals surface area contributed by atoms with Crippen LogP contribution in [0.4, 0.5) is 0 Å². The molecule has 0 saturated carbocycles. The molecule has 0 aromatic rings. The van der Waals surface area contributed by atoms with Crippen LogP contribution in [0.5, 0.6) is 0 Å². The smallest absolute Gasteiger partial charge is 0.366 e. The molecule has 1 fully saturated rings. The summed E-state index contributed by atoms with van der Waals surface area (Å²) in [5.41, 5.74) is 6.01. The van der Waals surface area contributed by atoms with Gasteiger partial charge in [0.15, 0.2) is 6.10 Å². The Labute approximate surface area is 182 Å². The van der Waals surface area contributed by atoms with Gasteiger partial charge in [-0.3, -0.25) is 9.59 Å². The summed E-state index contributed by atoms with van der Waals surface area (Å²) < 4.78 is 26.2. The van der Waals surface area contributed by atoms with E-state index in [9.17, 15) is 24.6 Å². The van der Waals surface area contributed by atoms with E-state index in [0.29, 0.717) is 6.42 Å². The van der Waals surface area contributed by atoms with E-state index in [1.54, 1.807) is 0 Å². The average molecular weight is 449 g/mol. The van der Waals surface area contributed by atoms with E-state index in [4.69, 9.17) is 29.4 Å². The Kier molecular flexibility index (Phi) is 11.4. The Bertz CT molecular complexity index is 601. The maximum Gasteiger partial charge on any atom is 0.366 e. The summed E-state index contributed by atoms with van der Waals surface area (Å²) in [6.45, 7) is 4.00. The fourth-order valence-corrected chi connectivity index (χ4v) is 3.31. The van der Waals surface area contributed by atoms with Crippen LogP contribution in [0.1, 0.15) is 52.9 Å². The lowest BCUT2D eigenvalue weighted by atomic mass is 9.89. The largest absolute Gasteiger partial charge is 0.465 e. The minimum Gasteiger partial charge on any atom is -0.465 e. The lowest BCUT2D eigenvalue weighted by molar-refractivity contribution is -0.311. The zero-order valence-corrected chi connectivity index (χ0v) is 18.6. The highest BCUT2D eigenvalue weighted by Crippen LogP contribution is 2.34. The molecule has 6 atom stereocenters. The van der Waals surface area contributed by atoms with Crippen molar-refractivity contribution in [1.82, 2.24) is 0 Å². The van der Waals surface area contributed by atoms with Gasteiger partial charge in [0.2, 0.25) is 0 Å². The molecule has 1 unspecified atom stereocenters. The maximum absolute atomic E-state index is 12.5. The van der Waals surface area contributed by atoms with Crippen LogP contribution in [-0.4, -0.2) is 84.7 Å². The minimum absolute atomic E-state index is 0.153. The lowest BCUT2D eigenvalue weighted by Crippen LogP contribution is -2.66. The first kappa shape index (κ1) is 27.2. The van der Waals surface area contributed by atoms with Gasteiger partial charge in [-0.15, -0.1) is 0 Å². The Morgan fingerprint density at radius 2 is 1.87 bits per heavy atom. The summed E-state index contributed by atoms with van der Waals surface area (Å²) in [6, 6.07) is -1.15. The molecule has 0 aromatic heterocycles. The molecule has 4 N–H and O–H groups in total. The van der Waals surface area contributed by atoms with Crippen molar-refractivity contribution < 1.29 is 48.3 Å². The van der Waals surface area contributed by atoms with Gasteiger partial charge in [0, 0.05) is 20.3 Å². The third kappa shape index (κ3) is 8.00. The number of hydrogen-bond donors (Lipinski definition) is 3. The summed E-state index contributed by atoms with van der Waals surface area (Å²) >= 11 is 0. The topological polar surface area (TPSA) is 164 Å². The van der Waals surface area contributed by atoms with Crippen LogP contribution >= 0.6 is 0 Å². The van der Waals surface area contributed by atoms with Gasteiger partial charge in [0.05, 0.1) is 25.9 Å². The van der Waals surface area contributed by atoms with Crippen LogP contribution in [0.25, 0.3) is 0 Å². The maximum atomic E-state index is 12.5. The molecule has 0 bridgehead atoms. The van der Waals surface area contributed by atoms with E-state index in [1.165, 1.54) is 0 Å². The monoisotopic (exact) mass is 449 g/mol. The van der Waals surface area contributed by atoms with E-state index in [-0.39, 0.29) is 13.0 Å². The predicted octanol–water partition coefficient (Wildman–Crippen LogP) is -0.215. The highest BCUT2D eigenvalue weighted by Gasteiger charge is 2.55. The van der Waals surface area contributed by atoms with Crippen LogP contribution in [-0.2, 0) is 38.1 Å². The molecule has 0 spiro atoms. The Morgan fingerprint density at radius 3 is 2.42 bits per heavy atom. The van der Waals surface area contributed by atoms with Gasteiger partial charge in [-0.1, -0.05) is 26.2 Å². The number of methoxy groups -OCH3 is 1. The first-order valence-corrected chi connectivity index (χ1v) is 10.4. The third-order valence-electron chi connectivity index (χ3n) is 4.94. The van der Waals surface area contributed by atoms with Gasteiger partial charge in [-0.2, -0.15) is 0 Å². The summed E-state index contributed by atoms with van der Waals surface area (Å²) in [6.07, 6.45) is -2.45. The van der Waals surface area contributed by atoms with Crippen molar-refractivity contribution in [2.24, 2.45) is 5.73 Å². The van der Waals surface area contributed by atoms with E-state index in [1.807, 2.05) is 0 Å². The number of unbranched alkanes of at least 4 members (excludes halogenated alkanes) is 3. The number of hydrogen-bond acceptors (Lipinski definition) is 11. The van der Waals surface area contributed by atoms with Crippen molar-refractivity contribution in [1.29, 1.82) is 0 Å². The van der Waals surface area contributed by atoms with Crippen LogP contribution in [0, 0.1) is 0 Å². The number of carbonyl (C=O) groups is 3. The molecule has 1 saturated heterocycles. The summed E-state index contributed by atoms with van der Waals surface area (Å²) in [4.78, 5) is 35.1. The second kappa shape index (κ2) is 12.9. The van der Waals surface area contributed by atoms with Gasteiger partial charge < -0.3 is 39.6 Å². The van der Waals surface area contributed by atoms with Crippen molar-refractivity contribution in [2.45, 2.75) is 89.1 Å². The molecule has 11 nitrogen and oxygen atoms in total. The van der Waals surface area contributed by atoms with Crippen LogP contribution < -0.4 is 5.73 Å². The average Bonchev–Trinajstić information content (AvgIpc) is 2.71. The normalized spacial score (nSPS) is 27.8. The fourth-order valence-electron chi connectivity index (χ4n) is 3.31. The molecule has 1 heterocycles. The minimum atomic E-state index is -2.00. The standard InChI is InChI=1S/C20H35NO10/c1-5-6-7-8-9-29-20(19(26)27-4)10-14(24)16(21)18(31-20)17(25)15(30-13(3)23)11-28-12(2)22/h14-18,24-25H,5-11,21H2,1-4H3/t14-,15-,16-,17-,18?,20-/m1/s1. The Balaban J connectivity index is 3.08. The molecule has 0 aliphatic carbocycles. The third-order valence-corrected chi connectivity index (χ3v) is 4.94. The second-order valence-electron chi connectivity index (χ2n) is 7.53. The SMILES string of the molecule is CCCCCCO[C@]1(C(=O)OC)C[C@@H](O)[C@@H](N)C([C@H](O)[C@@H](COC(C)=O)OC(C)=O)O1. The number of aliphatic hydroxyl groups excluding tert-OH is 2. The zero-order valence-electron chi connectivity index (χ0n) is 18.6. The highest BCUT2D eigenvalue weighted by molar-refractivity contribution is 5.78. The molecule has 0 amide bonds. The van der Waals surface area contributed by atoms with E-state index in [2.05, 4.69) is 6.92 Å². The van der Waals surface area contributed by atoms with E-state index in [0.717, 1.165) is 40.2 Å². The first-order valence-electron chi connectivity index (χ1n) is 10.4. The van der Waals surface area contributed by atoms with Gasteiger partial charge in [0.25, 0.3) is 5.79 Å². The molecule has 1 aliphatic rings. The van der Waals surface area contributed by atoms with Crippen molar-refractivity contribution in [3.05, 3.63) is 0 Å². The molecule has 1 aliphatic heterocycles. The predicted molar refractivity (Wildman–Crippen MR) is 107 cm³/mol. The van der Waals surface area contributed by atoms with Crippen molar-refractivity contribution in [3.8, 4) is 0 Å². The van der Waals surface area contributed by atoms with Crippen molar-refractivity contribution >= 4 is 17.9 Å². The van der Waals surface area contributed by atoms with Gasteiger partial charge in [-0.05, 0) is 6.42 Å². The number of carbonyl (C=O) groups excluding carboxylic acids is 3. The number of ether oxygens (including phenoxy) is 5. The van der Waals surface area contributed by atoms with Crippen molar-refractivity contribution in [3.63, 3.8) is 0 Å². The summed E-state index contributed by atoms with van der Waals surface area (Å²) in [5.74, 6) is -4.29. The van der Waals surface area contributed by atoms with Gasteiger partial charge in [-0.25, -0.2) is 4.79 Å². The summed E-state index contributed by atoms with van der Waals surface area (Å²) in [5, 5.41) is 21.3. The van der Waals surface area contributed by atoms with E-state index < -0.39 is 60.8 Å². The summed E-state index contributed by atoms with van der Waals surface area (Å²) in [7, 11) is 1.14. The molecule has 1 rings (SSSR count). The molecule has 0 aromatic carbocycles. The molecular weight excluding hydrogens is 414 g/mol. The van der Waals surface area contributed by atoms with Crippen LogP contribution in [0.15, 0.2) is 0 Å². The number of esters is 3. The second-order valence-corrected chi connectivity index (χ2v) is 7.53. The van der Waals surface area contributed by atoms with Crippen molar-refractivity contribution in [2.75, 3.05) is 20.3 Å². The fraction of sp³-hybridized carbons (Fsp3) is 0.850. The molecule has 0 radical (unpaired) electrons. The number of aliphatic hydroxyl groups is 2. The molecule has 11 heteroatoms. The van der Waals surface area contributed by atoms with Gasteiger partial charge in [0.1, 0.15) is 18.8 Å². The van der Waals surface area contributed by atoms with Crippen LogP contribution in [0.3, 0.4) is 0 Å². The lowest BCUT2D eigenvalue weighted by Gasteiger charge is -2.46. The molecule has 31 heavy (non-hydrogen) atoms. The van der Waals surface area contributed by atoms with E-state index >= 15 is 0 Å². The highest BCUT2D eigenvalue weighted by atomic mass is 16.7. The quantitative estimate of drug-likeness (QED) is 0.205. The Morgan fingerprint density at radius 1 is 1.19 bits per heavy atom. The van der Waals surface area contributed by atoms with Crippen LogP contribution in [0.2, 0.25) is 0 Å². The number of nitrogens with two attached hydrogens (primary N) is 1.